The van der Waals surface area contributed by atoms with E-state index in [1.165, 1.54) is 6.07 Å². The Bertz CT molecular complexity index is 782. The van der Waals surface area contributed by atoms with Gasteiger partial charge < -0.3 is 4.74 Å². The molecule has 2 aromatic rings. The van der Waals surface area contributed by atoms with Gasteiger partial charge in [-0.15, -0.1) is 0 Å². The van der Waals surface area contributed by atoms with E-state index in [4.69, 9.17) is 15.1 Å². The van der Waals surface area contributed by atoms with Gasteiger partial charge in [0, 0.05) is 18.0 Å². The van der Waals surface area contributed by atoms with Gasteiger partial charge in [-0.3, -0.25) is 4.98 Å². The van der Waals surface area contributed by atoms with Crippen molar-refractivity contribution in [3.05, 3.63) is 30.5 Å². The maximum atomic E-state index is 11.6. The first kappa shape index (κ1) is 15.2. The maximum absolute atomic E-state index is 11.6. The molecule has 2 N–H and O–H groups in total. The molecule has 7 heteroatoms. The summed E-state index contributed by atoms with van der Waals surface area (Å²) < 4.78 is 28.8. The lowest BCUT2D eigenvalue weighted by Gasteiger charge is -2.10. The van der Waals surface area contributed by atoms with Crippen molar-refractivity contribution in [2.45, 2.75) is 24.2 Å². The van der Waals surface area contributed by atoms with Crippen LogP contribution in [0.15, 0.2) is 35.4 Å². The molecule has 6 nitrogen and oxygen atoms in total. The highest BCUT2D eigenvalue weighted by Crippen LogP contribution is 2.28. The summed E-state index contributed by atoms with van der Waals surface area (Å²) in [7, 11) is -3.81. The molecule has 1 aromatic heterocycles. The number of hydrogen-bond acceptors (Lipinski definition) is 5. The van der Waals surface area contributed by atoms with Crippen LogP contribution in [0, 0.1) is 11.3 Å². The second kappa shape index (κ2) is 6.52. The van der Waals surface area contributed by atoms with Gasteiger partial charge in [0.25, 0.3) is 0 Å². The molecule has 1 aromatic carbocycles. The summed E-state index contributed by atoms with van der Waals surface area (Å²) in [6, 6.07) is 8.34. The van der Waals surface area contributed by atoms with Crippen molar-refractivity contribution >= 4 is 20.9 Å². The van der Waals surface area contributed by atoms with Crippen LogP contribution in [-0.4, -0.2) is 20.0 Å². The lowest BCUT2D eigenvalue weighted by atomic mass is 10.2. The molecule has 110 valence electrons. The maximum Gasteiger partial charge on any atom is 0.238 e. The number of fused-ring (bicyclic) bond motifs is 1. The Balaban J connectivity index is 2.29. The molecule has 1 heterocycles. The standard InChI is InChI=1S/C14H15N3O3S/c15-8-2-1-3-10-20-12-6-7-13(21(16,18)19)11-5-4-9-17-14(11)12/h4-7,9H,1-3,10H2,(H2,16,18,19). The zero-order chi connectivity index (χ0) is 15.3. The van der Waals surface area contributed by atoms with Gasteiger partial charge >= 0.3 is 0 Å². The van der Waals surface area contributed by atoms with E-state index in [2.05, 4.69) is 11.1 Å². The summed E-state index contributed by atoms with van der Waals surface area (Å²) in [6.07, 6.45) is 3.57. The molecule has 0 aliphatic heterocycles. The van der Waals surface area contributed by atoms with E-state index in [-0.39, 0.29) is 4.90 Å². The summed E-state index contributed by atoms with van der Waals surface area (Å²) >= 11 is 0. The van der Waals surface area contributed by atoms with E-state index in [1.54, 1.807) is 24.4 Å². The molecular weight excluding hydrogens is 290 g/mol. The largest absolute Gasteiger partial charge is 0.491 e. The van der Waals surface area contributed by atoms with Gasteiger partial charge in [-0.05, 0) is 37.1 Å². The van der Waals surface area contributed by atoms with Crippen LogP contribution < -0.4 is 9.88 Å². The van der Waals surface area contributed by atoms with Crippen molar-refractivity contribution in [3.63, 3.8) is 0 Å². The Labute approximate surface area is 123 Å². The molecule has 0 aliphatic rings. The van der Waals surface area contributed by atoms with Gasteiger partial charge in [-0.25, -0.2) is 13.6 Å². The Morgan fingerprint density at radius 1 is 1.29 bits per heavy atom. The Morgan fingerprint density at radius 2 is 2.10 bits per heavy atom. The number of nitrogens with two attached hydrogens (primary N) is 1. The number of unbranched alkanes of at least 4 members (excludes halogenated alkanes) is 2. The van der Waals surface area contributed by atoms with Gasteiger partial charge in [0.2, 0.25) is 10.0 Å². The van der Waals surface area contributed by atoms with Crippen molar-refractivity contribution in [3.8, 4) is 11.8 Å². The third-order valence-electron chi connectivity index (χ3n) is 2.94. The van der Waals surface area contributed by atoms with E-state index >= 15 is 0 Å². The normalized spacial score (nSPS) is 11.2. The first-order valence-corrected chi connectivity index (χ1v) is 7.99. The van der Waals surface area contributed by atoms with E-state index < -0.39 is 10.0 Å². The van der Waals surface area contributed by atoms with Crippen molar-refractivity contribution in [2.75, 3.05) is 6.61 Å². The van der Waals surface area contributed by atoms with Gasteiger partial charge in [-0.1, -0.05) is 0 Å². The van der Waals surface area contributed by atoms with E-state index in [9.17, 15) is 8.42 Å². The van der Waals surface area contributed by atoms with Crippen LogP contribution in [0.5, 0.6) is 5.75 Å². The molecular formula is C14H15N3O3S. The first-order chi connectivity index (χ1) is 10.0. The number of benzene rings is 1. The van der Waals surface area contributed by atoms with Crippen LogP contribution in [0.25, 0.3) is 10.9 Å². The minimum absolute atomic E-state index is 0.0300. The molecule has 0 bridgehead atoms. The minimum atomic E-state index is -3.81. The molecule has 0 fully saturated rings. The second-order valence-electron chi connectivity index (χ2n) is 4.47. The molecule has 0 saturated carbocycles. The molecule has 0 amide bonds. The lowest BCUT2D eigenvalue weighted by molar-refractivity contribution is 0.310. The van der Waals surface area contributed by atoms with Gasteiger partial charge in [0.15, 0.2) is 0 Å². The van der Waals surface area contributed by atoms with E-state index in [0.717, 1.165) is 12.8 Å². The number of rotatable bonds is 6. The monoisotopic (exact) mass is 305 g/mol. The number of ether oxygens (including phenoxy) is 1. The topological polar surface area (TPSA) is 106 Å². The van der Waals surface area contributed by atoms with E-state index in [0.29, 0.717) is 29.7 Å². The van der Waals surface area contributed by atoms with Crippen LogP contribution in [0.3, 0.4) is 0 Å². The van der Waals surface area contributed by atoms with Crippen molar-refractivity contribution in [1.29, 1.82) is 5.26 Å². The van der Waals surface area contributed by atoms with Gasteiger partial charge in [0.05, 0.1) is 17.6 Å². The van der Waals surface area contributed by atoms with Crippen molar-refractivity contribution in [1.82, 2.24) is 4.98 Å². The highest BCUT2D eigenvalue weighted by Gasteiger charge is 2.15. The number of aromatic nitrogens is 1. The SMILES string of the molecule is N#CCCCCOc1ccc(S(N)(=O)=O)c2cccnc12. The predicted molar refractivity (Wildman–Crippen MR) is 78.1 cm³/mol. The fourth-order valence-electron chi connectivity index (χ4n) is 1.97. The van der Waals surface area contributed by atoms with Crippen LogP contribution in [0.2, 0.25) is 0 Å². The molecule has 21 heavy (non-hydrogen) atoms. The number of sulfonamides is 1. The zero-order valence-electron chi connectivity index (χ0n) is 11.3. The molecule has 0 spiro atoms. The Kier molecular flexibility index (Phi) is 4.73. The molecule has 0 atom stereocenters. The average Bonchev–Trinajstić information content (AvgIpc) is 2.45. The van der Waals surface area contributed by atoms with Crippen molar-refractivity contribution in [2.24, 2.45) is 5.14 Å². The quantitative estimate of drug-likeness (QED) is 0.821. The number of nitrogens with zero attached hydrogens (tertiary/aromatic N) is 2. The Hall–Kier alpha value is -2.17. The smallest absolute Gasteiger partial charge is 0.238 e. The summed E-state index contributed by atoms with van der Waals surface area (Å²) in [6.45, 7) is 0.447. The minimum Gasteiger partial charge on any atom is -0.491 e. The highest BCUT2D eigenvalue weighted by atomic mass is 32.2. The van der Waals surface area contributed by atoms with Crippen LogP contribution in [0.4, 0.5) is 0 Å². The number of pyridine rings is 1. The third-order valence-corrected chi connectivity index (χ3v) is 3.91. The zero-order valence-corrected chi connectivity index (χ0v) is 12.1. The van der Waals surface area contributed by atoms with Gasteiger partial charge in [0.1, 0.15) is 11.3 Å². The summed E-state index contributed by atoms with van der Waals surface area (Å²) in [5, 5.41) is 14.1. The molecule has 0 radical (unpaired) electrons. The van der Waals surface area contributed by atoms with Crippen molar-refractivity contribution < 1.29 is 13.2 Å². The Morgan fingerprint density at radius 3 is 2.81 bits per heavy atom. The van der Waals surface area contributed by atoms with Crippen LogP contribution in [-0.2, 0) is 10.0 Å². The molecule has 0 unspecified atom stereocenters. The average molecular weight is 305 g/mol. The summed E-state index contributed by atoms with van der Waals surface area (Å²) in [5.41, 5.74) is 0.462. The third kappa shape index (κ3) is 3.68. The number of primary sulfonamides is 1. The molecule has 2 rings (SSSR count). The predicted octanol–water partition coefficient (Wildman–Crippen LogP) is 1.95. The summed E-state index contributed by atoms with van der Waals surface area (Å²) in [5.74, 6) is 0.509. The van der Waals surface area contributed by atoms with E-state index in [1.807, 2.05) is 0 Å². The molecule has 0 aliphatic carbocycles. The fourth-order valence-corrected chi connectivity index (χ4v) is 2.70. The molecule has 0 saturated heterocycles. The summed E-state index contributed by atoms with van der Waals surface area (Å²) in [4.78, 5) is 4.20. The van der Waals surface area contributed by atoms with Crippen LogP contribution >= 0.6 is 0 Å². The number of nitriles is 1. The fraction of sp³-hybridized carbons (Fsp3) is 0.286. The first-order valence-electron chi connectivity index (χ1n) is 6.44. The highest BCUT2D eigenvalue weighted by molar-refractivity contribution is 7.89. The van der Waals surface area contributed by atoms with Crippen LogP contribution in [0.1, 0.15) is 19.3 Å². The lowest BCUT2D eigenvalue weighted by Crippen LogP contribution is -2.13. The second-order valence-corrected chi connectivity index (χ2v) is 6.00. The number of hydrogen-bond donors (Lipinski definition) is 1. The van der Waals surface area contributed by atoms with Gasteiger partial charge in [-0.2, -0.15) is 5.26 Å².